The lowest BCUT2D eigenvalue weighted by Gasteiger charge is -2.13. The second kappa shape index (κ2) is 3.62. The van der Waals surface area contributed by atoms with Crippen LogP contribution >= 0.6 is 11.6 Å². The van der Waals surface area contributed by atoms with Crippen LogP contribution in [0.15, 0.2) is 24.3 Å². The van der Waals surface area contributed by atoms with Crippen molar-refractivity contribution in [3.8, 4) is 0 Å². The van der Waals surface area contributed by atoms with Crippen molar-refractivity contribution in [3.05, 3.63) is 30.1 Å². The molecule has 0 aliphatic carbocycles. The third-order valence-corrected chi connectivity index (χ3v) is 2.52. The summed E-state index contributed by atoms with van der Waals surface area (Å²) in [5.74, 6) is -1.22. The van der Waals surface area contributed by atoms with Gasteiger partial charge in [0.2, 0.25) is 5.91 Å². The molecule has 1 aliphatic heterocycles. The van der Waals surface area contributed by atoms with Gasteiger partial charge < -0.3 is 0 Å². The molecule has 1 heterocycles. The summed E-state index contributed by atoms with van der Waals surface area (Å²) in [6, 6.07) is 5.13. The fourth-order valence-electron chi connectivity index (χ4n) is 1.46. The summed E-state index contributed by atoms with van der Waals surface area (Å²) in [6.07, 6.45) is -0.00222. The summed E-state index contributed by atoms with van der Waals surface area (Å²) in [4.78, 5) is 23.9. The molecule has 3 nitrogen and oxygen atoms in total. The van der Waals surface area contributed by atoms with E-state index in [2.05, 4.69) is 0 Å². The van der Waals surface area contributed by atoms with Crippen molar-refractivity contribution in [2.75, 3.05) is 4.90 Å². The molecule has 0 unspecified atom stereocenters. The lowest BCUT2D eigenvalue weighted by Crippen LogP contribution is -2.30. The predicted octanol–water partition coefficient (Wildman–Crippen LogP) is 1.70. The van der Waals surface area contributed by atoms with Crippen molar-refractivity contribution in [1.29, 1.82) is 0 Å². The smallest absolute Gasteiger partial charge is 0.252 e. The first kappa shape index (κ1) is 10.1. The molecule has 0 aromatic heterocycles. The summed E-state index contributed by atoms with van der Waals surface area (Å²) < 4.78 is 12.6. The third kappa shape index (κ3) is 1.72. The Morgan fingerprint density at radius 2 is 1.87 bits per heavy atom. The Labute approximate surface area is 90.4 Å². The van der Waals surface area contributed by atoms with E-state index in [-0.39, 0.29) is 12.3 Å². The number of alkyl halides is 1. The molecule has 0 saturated carbocycles. The highest BCUT2D eigenvalue weighted by Gasteiger charge is 2.38. The molecule has 1 saturated heterocycles. The standard InChI is InChI=1S/C10H7ClFNO2/c11-8-5-9(14)13(10(8)15)7-3-1-6(12)2-4-7/h1-4,8H,5H2/t8-/m1/s1. The average Bonchev–Trinajstić information content (AvgIpc) is 2.44. The summed E-state index contributed by atoms with van der Waals surface area (Å²) in [5, 5.41) is -0.803. The summed E-state index contributed by atoms with van der Waals surface area (Å²) in [5.41, 5.74) is 0.356. The van der Waals surface area contributed by atoms with Gasteiger partial charge in [0.15, 0.2) is 0 Å². The van der Waals surface area contributed by atoms with Crippen LogP contribution in [0.5, 0.6) is 0 Å². The highest BCUT2D eigenvalue weighted by molar-refractivity contribution is 6.40. The molecule has 0 radical (unpaired) electrons. The Balaban J connectivity index is 2.35. The number of nitrogens with zero attached hydrogens (tertiary/aromatic N) is 1. The molecule has 1 fully saturated rings. The Morgan fingerprint density at radius 1 is 1.27 bits per heavy atom. The number of halogens is 2. The van der Waals surface area contributed by atoms with E-state index in [0.717, 1.165) is 4.90 Å². The van der Waals surface area contributed by atoms with Gasteiger partial charge in [-0.3, -0.25) is 9.59 Å². The van der Waals surface area contributed by atoms with Gasteiger partial charge in [-0.1, -0.05) is 0 Å². The van der Waals surface area contributed by atoms with Gasteiger partial charge in [-0.05, 0) is 24.3 Å². The van der Waals surface area contributed by atoms with Gasteiger partial charge >= 0.3 is 0 Å². The maximum atomic E-state index is 12.6. The fraction of sp³-hybridized carbons (Fsp3) is 0.200. The van der Waals surface area contributed by atoms with E-state index in [4.69, 9.17) is 11.6 Å². The zero-order chi connectivity index (χ0) is 11.0. The lowest BCUT2D eigenvalue weighted by molar-refractivity contribution is -0.121. The van der Waals surface area contributed by atoms with Gasteiger partial charge in [-0.25, -0.2) is 9.29 Å². The molecule has 5 heteroatoms. The number of carbonyl (C=O) groups excluding carboxylic acids is 2. The van der Waals surface area contributed by atoms with Crippen molar-refractivity contribution in [1.82, 2.24) is 0 Å². The number of rotatable bonds is 1. The van der Waals surface area contributed by atoms with Crippen LogP contribution in [-0.4, -0.2) is 17.2 Å². The molecule has 78 valence electrons. The normalized spacial score (nSPS) is 21.2. The number of amides is 2. The van der Waals surface area contributed by atoms with Gasteiger partial charge in [0, 0.05) is 0 Å². The van der Waals surface area contributed by atoms with Gasteiger partial charge in [-0.15, -0.1) is 11.6 Å². The Bertz CT molecular complexity index is 418. The van der Waals surface area contributed by atoms with Crippen molar-refractivity contribution < 1.29 is 14.0 Å². The molecule has 1 aliphatic rings. The number of benzene rings is 1. The Hall–Kier alpha value is -1.42. The summed E-state index contributed by atoms with van der Waals surface area (Å²) in [7, 11) is 0. The van der Waals surface area contributed by atoms with Gasteiger partial charge in [0.1, 0.15) is 11.2 Å². The van der Waals surface area contributed by atoms with Crippen LogP contribution in [0.4, 0.5) is 10.1 Å². The molecular weight excluding hydrogens is 221 g/mol. The summed E-state index contributed by atoms with van der Waals surface area (Å²) in [6.45, 7) is 0. The van der Waals surface area contributed by atoms with Crippen LogP contribution in [0.25, 0.3) is 0 Å². The van der Waals surface area contributed by atoms with Gasteiger partial charge in [0.05, 0.1) is 12.1 Å². The number of imide groups is 1. The minimum atomic E-state index is -0.803. The SMILES string of the molecule is O=C1C[C@@H](Cl)C(=O)N1c1ccc(F)cc1. The highest BCUT2D eigenvalue weighted by atomic mass is 35.5. The first-order valence-corrected chi connectivity index (χ1v) is 4.79. The number of carbonyl (C=O) groups is 2. The van der Waals surface area contributed by atoms with Crippen LogP contribution in [-0.2, 0) is 9.59 Å². The number of hydrogen-bond acceptors (Lipinski definition) is 2. The van der Waals surface area contributed by atoms with E-state index in [1.165, 1.54) is 24.3 Å². The first-order valence-electron chi connectivity index (χ1n) is 4.36. The van der Waals surface area contributed by atoms with Crippen molar-refractivity contribution in [3.63, 3.8) is 0 Å². The predicted molar refractivity (Wildman–Crippen MR) is 53.2 cm³/mol. The quantitative estimate of drug-likeness (QED) is 0.541. The zero-order valence-corrected chi connectivity index (χ0v) is 8.37. The first-order chi connectivity index (χ1) is 7.09. The average molecular weight is 228 g/mol. The zero-order valence-electron chi connectivity index (χ0n) is 7.61. The molecule has 1 aromatic carbocycles. The summed E-state index contributed by atoms with van der Waals surface area (Å²) >= 11 is 5.65. The molecule has 0 N–H and O–H groups in total. The van der Waals surface area contributed by atoms with E-state index < -0.39 is 17.1 Å². The maximum Gasteiger partial charge on any atom is 0.252 e. The molecule has 2 rings (SSSR count). The van der Waals surface area contributed by atoms with Crippen molar-refractivity contribution in [2.24, 2.45) is 0 Å². The van der Waals surface area contributed by atoms with Crippen molar-refractivity contribution >= 4 is 29.1 Å². The maximum absolute atomic E-state index is 12.6. The van der Waals surface area contributed by atoms with E-state index in [1.807, 2.05) is 0 Å². The van der Waals surface area contributed by atoms with Crippen LogP contribution < -0.4 is 4.90 Å². The second-order valence-electron chi connectivity index (χ2n) is 3.22. The molecule has 2 amide bonds. The van der Waals surface area contributed by atoms with E-state index in [0.29, 0.717) is 5.69 Å². The molecule has 0 spiro atoms. The Kier molecular flexibility index (Phi) is 2.44. The minimum absolute atomic E-state index is 0.00222. The van der Waals surface area contributed by atoms with Gasteiger partial charge in [0.25, 0.3) is 5.91 Å². The molecular formula is C10H7ClFNO2. The Morgan fingerprint density at radius 3 is 2.33 bits per heavy atom. The molecule has 1 atom stereocenters. The number of hydrogen-bond donors (Lipinski definition) is 0. The second-order valence-corrected chi connectivity index (χ2v) is 3.74. The fourth-order valence-corrected chi connectivity index (χ4v) is 1.69. The highest BCUT2D eigenvalue weighted by Crippen LogP contribution is 2.25. The van der Waals surface area contributed by atoms with E-state index in [1.54, 1.807) is 0 Å². The van der Waals surface area contributed by atoms with Crippen LogP contribution in [0.3, 0.4) is 0 Å². The van der Waals surface area contributed by atoms with Crippen molar-refractivity contribution in [2.45, 2.75) is 11.8 Å². The van der Waals surface area contributed by atoms with Crippen LogP contribution in [0.1, 0.15) is 6.42 Å². The molecule has 15 heavy (non-hydrogen) atoms. The monoisotopic (exact) mass is 227 g/mol. The number of anilines is 1. The van der Waals surface area contributed by atoms with Crippen LogP contribution in [0, 0.1) is 5.82 Å². The molecule has 0 bridgehead atoms. The lowest BCUT2D eigenvalue weighted by atomic mass is 10.3. The molecule has 1 aromatic rings. The topological polar surface area (TPSA) is 37.4 Å². The van der Waals surface area contributed by atoms with E-state index in [9.17, 15) is 14.0 Å². The minimum Gasteiger partial charge on any atom is -0.274 e. The van der Waals surface area contributed by atoms with Crippen LogP contribution in [0.2, 0.25) is 0 Å². The van der Waals surface area contributed by atoms with Gasteiger partial charge in [-0.2, -0.15) is 0 Å². The largest absolute Gasteiger partial charge is 0.274 e. The third-order valence-electron chi connectivity index (χ3n) is 2.18. The van der Waals surface area contributed by atoms with E-state index >= 15 is 0 Å².